The Kier molecular flexibility index (Phi) is 7.66. The number of hydrazone groups is 1. The number of nitrogens with zero attached hydrogens (tertiary/aromatic N) is 2. The van der Waals surface area contributed by atoms with Gasteiger partial charge in [0, 0.05) is 0 Å². The molecule has 0 fully saturated rings. The average molecular weight is 470 g/mol. The van der Waals surface area contributed by atoms with E-state index in [0.29, 0.717) is 5.92 Å². The molecule has 0 unspecified atom stereocenters. The fraction of sp³-hybridized carbons (Fsp3) is 0.167. The first-order chi connectivity index (χ1) is 15.3. The van der Waals surface area contributed by atoms with Gasteiger partial charge in [0.05, 0.1) is 21.8 Å². The molecule has 0 heterocycles. The van der Waals surface area contributed by atoms with Gasteiger partial charge in [-0.1, -0.05) is 80.0 Å². The summed E-state index contributed by atoms with van der Waals surface area (Å²) in [4.78, 5) is 12.6. The summed E-state index contributed by atoms with van der Waals surface area (Å²) in [7, 11) is -4.03. The molecule has 0 bridgehead atoms. The molecule has 3 aromatic rings. The van der Waals surface area contributed by atoms with Crippen LogP contribution in [-0.4, -0.2) is 27.1 Å². The van der Waals surface area contributed by atoms with Crippen LogP contribution in [0.15, 0.2) is 88.9 Å². The molecular formula is C24H24ClN3O3S. The fourth-order valence-electron chi connectivity index (χ4n) is 2.98. The minimum absolute atomic E-state index is 0.0569. The molecule has 6 nitrogen and oxygen atoms in total. The summed E-state index contributed by atoms with van der Waals surface area (Å²) in [5, 5.41) is 4.18. The van der Waals surface area contributed by atoms with E-state index in [1.165, 1.54) is 23.9 Å². The molecule has 32 heavy (non-hydrogen) atoms. The molecule has 3 rings (SSSR count). The van der Waals surface area contributed by atoms with Gasteiger partial charge in [-0.15, -0.1) is 0 Å². The van der Waals surface area contributed by atoms with E-state index in [1.807, 2.05) is 24.3 Å². The van der Waals surface area contributed by atoms with Crippen LogP contribution in [0.25, 0.3) is 0 Å². The second-order valence-corrected chi connectivity index (χ2v) is 9.66. The van der Waals surface area contributed by atoms with Crippen molar-refractivity contribution >= 4 is 39.4 Å². The number of hydrogen-bond donors (Lipinski definition) is 1. The van der Waals surface area contributed by atoms with E-state index in [4.69, 9.17) is 11.6 Å². The number of rotatable bonds is 8. The minimum atomic E-state index is -4.03. The minimum Gasteiger partial charge on any atom is -0.271 e. The van der Waals surface area contributed by atoms with Gasteiger partial charge in [0.1, 0.15) is 6.54 Å². The van der Waals surface area contributed by atoms with Gasteiger partial charge in [-0.05, 0) is 41.3 Å². The molecule has 3 aromatic carbocycles. The van der Waals surface area contributed by atoms with Crippen LogP contribution in [-0.2, 0) is 14.8 Å². The summed E-state index contributed by atoms with van der Waals surface area (Å²) in [6.07, 6.45) is 1.51. The van der Waals surface area contributed by atoms with E-state index in [9.17, 15) is 13.2 Å². The number of amides is 1. The maximum absolute atomic E-state index is 13.3. The highest BCUT2D eigenvalue weighted by Gasteiger charge is 2.28. The van der Waals surface area contributed by atoms with Crippen LogP contribution in [0.4, 0.5) is 5.69 Å². The zero-order chi connectivity index (χ0) is 23.1. The summed E-state index contributed by atoms with van der Waals surface area (Å²) < 4.78 is 27.5. The Morgan fingerprint density at radius 3 is 2.25 bits per heavy atom. The third-order valence-corrected chi connectivity index (χ3v) is 6.84. The van der Waals surface area contributed by atoms with Crippen molar-refractivity contribution in [2.75, 3.05) is 10.8 Å². The summed E-state index contributed by atoms with van der Waals surface area (Å²) >= 11 is 6.25. The van der Waals surface area contributed by atoms with Crippen LogP contribution in [0.3, 0.4) is 0 Å². The molecule has 0 aliphatic heterocycles. The zero-order valence-corrected chi connectivity index (χ0v) is 19.3. The van der Waals surface area contributed by atoms with Crippen molar-refractivity contribution < 1.29 is 13.2 Å². The number of hydrogen-bond acceptors (Lipinski definition) is 4. The third-order valence-electron chi connectivity index (χ3n) is 4.75. The topological polar surface area (TPSA) is 78.8 Å². The first kappa shape index (κ1) is 23.5. The molecule has 0 aromatic heterocycles. The largest absolute Gasteiger partial charge is 0.271 e. The highest BCUT2D eigenvalue weighted by atomic mass is 35.5. The standard InChI is InChI=1S/C24H24ClN3O3S/c1-18(2)20-14-12-19(13-15-20)16-26-27-24(29)17-28(23-11-7-6-10-22(23)25)32(30,31)21-8-4-3-5-9-21/h3-16,18H,17H2,1-2H3,(H,27,29)/b26-16-. The van der Waals surface area contributed by atoms with E-state index in [-0.39, 0.29) is 15.6 Å². The number of para-hydroxylation sites is 1. The van der Waals surface area contributed by atoms with Gasteiger partial charge in [-0.2, -0.15) is 5.10 Å². The highest BCUT2D eigenvalue weighted by molar-refractivity contribution is 7.92. The summed E-state index contributed by atoms with van der Waals surface area (Å²) in [6, 6.07) is 22.2. The zero-order valence-electron chi connectivity index (χ0n) is 17.8. The predicted molar refractivity (Wildman–Crippen MR) is 129 cm³/mol. The molecule has 1 N–H and O–H groups in total. The lowest BCUT2D eigenvalue weighted by Crippen LogP contribution is -2.39. The number of carbonyl (C=O) groups is 1. The summed E-state index contributed by atoms with van der Waals surface area (Å²) in [6.45, 7) is 3.74. The Morgan fingerprint density at radius 1 is 1.00 bits per heavy atom. The molecule has 0 atom stereocenters. The van der Waals surface area contributed by atoms with E-state index in [0.717, 1.165) is 9.87 Å². The molecule has 8 heteroatoms. The molecule has 0 saturated carbocycles. The molecule has 1 amide bonds. The quantitative estimate of drug-likeness (QED) is 0.380. The maximum atomic E-state index is 13.3. The van der Waals surface area contributed by atoms with Gasteiger partial charge in [0.25, 0.3) is 15.9 Å². The number of nitrogens with one attached hydrogen (secondary N) is 1. The van der Waals surface area contributed by atoms with Crippen LogP contribution in [0.2, 0.25) is 5.02 Å². The smallest absolute Gasteiger partial charge is 0.264 e. The van der Waals surface area contributed by atoms with Crippen molar-refractivity contribution in [2.24, 2.45) is 5.10 Å². The van der Waals surface area contributed by atoms with Gasteiger partial charge in [0.15, 0.2) is 0 Å². The lowest BCUT2D eigenvalue weighted by molar-refractivity contribution is -0.119. The molecule has 166 valence electrons. The average Bonchev–Trinajstić information content (AvgIpc) is 2.79. The van der Waals surface area contributed by atoms with Gasteiger partial charge >= 0.3 is 0 Å². The first-order valence-corrected chi connectivity index (χ1v) is 11.8. The van der Waals surface area contributed by atoms with Crippen LogP contribution in [0.1, 0.15) is 30.9 Å². The number of benzene rings is 3. The summed E-state index contributed by atoms with van der Waals surface area (Å²) in [5.74, 6) is -0.178. The van der Waals surface area contributed by atoms with Gasteiger partial charge < -0.3 is 0 Å². The van der Waals surface area contributed by atoms with E-state index in [1.54, 1.807) is 42.5 Å². The van der Waals surface area contributed by atoms with Crippen molar-refractivity contribution in [1.82, 2.24) is 5.43 Å². The second kappa shape index (κ2) is 10.4. The number of carbonyl (C=O) groups excluding carboxylic acids is 1. The SMILES string of the molecule is CC(C)c1ccc(/C=N\NC(=O)CN(c2ccccc2Cl)S(=O)(=O)c2ccccc2)cc1. The highest BCUT2D eigenvalue weighted by Crippen LogP contribution is 2.30. The first-order valence-electron chi connectivity index (χ1n) is 10.0. The van der Waals surface area contributed by atoms with Gasteiger partial charge in [-0.3, -0.25) is 9.10 Å². The van der Waals surface area contributed by atoms with Crippen LogP contribution >= 0.6 is 11.6 Å². The van der Waals surface area contributed by atoms with E-state index < -0.39 is 22.5 Å². The fourth-order valence-corrected chi connectivity index (χ4v) is 4.73. The lowest BCUT2D eigenvalue weighted by atomic mass is 10.0. The number of halogens is 1. The Balaban J connectivity index is 1.79. The molecule has 0 spiro atoms. The number of anilines is 1. The monoisotopic (exact) mass is 469 g/mol. The third kappa shape index (κ3) is 5.75. The Morgan fingerprint density at radius 2 is 1.62 bits per heavy atom. The van der Waals surface area contributed by atoms with Crippen LogP contribution < -0.4 is 9.73 Å². The maximum Gasteiger partial charge on any atom is 0.264 e. The van der Waals surface area contributed by atoms with Crippen molar-refractivity contribution in [3.05, 3.63) is 95.0 Å². The molecular weight excluding hydrogens is 446 g/mol. The van der Waals surface area contributed by atoms with Gasteiger partial charge in [-0.25, -0.2) is 13.8 Å². The Labute approximate surface area is 193 Å². The Hall–Kier alpha value is -3.16. The van der Waals surface area contributed by atoms with Crippen molar-refractivity contribution in [3.63, 3.8) is 0 Å². The van der Waals surface area contributed by atoms with Crippen molar-refractivity contribution in [3.8, 4) is 0 Å². The molecule has 0 aliphatic carbocycles. The van der Waals surface area contributed by atoms with Gasteiger partial charge in [0.2, 0.25) is 0 Å². The Bertz CT molecular complexity index is 1190. The summed E-state index contributed by atoms with van der Waals surface area (Å²) in [5.41, 5.74) is 4.62. The van der Waals surface area contributed by atoms with Crippen LogP contribution in [0, 0.1) is 0 Å². The molecule has 0 saturated heterocycles. The predicted octanol–water partition coefficient (Wildman–Crippen LogP) is 4.81. The second-order valence-electron chi connectivity index (χ2n) is 7.39. The van der Waals surface area contributed by atoms with E-state index >= 15 is 0 Å². The van der Waals surface area contributed by atoms with Crippen molar-refractivity contribution in [1.29, 1.82) is 0 Å². The number of sulfonamides is 1. The molecule has 0 radical (unpaired) electrons. The molecule has 0 aliphatic rings. The van der Waals surface area contributed by atoms with Crippen molar-refractivity contribution in [2.45, 2.75) is 24.7 Å². The lowest BCUT2D eigenvalue weighted by Gasteiger charge is -2.24. The van der Waals surface area contributed by atoms with Crippen LogP contribution in [0.5, 0.6) is 0 Å². The normalized spacial score (nSPS) is 11.6. The van der Waals surface area contributed by atoms with E-state index in [2.05, 4.69) is 24.4 Å².